The molecule has 0 aliphatic heterocycles. The summed E-state index contributed by atoms with van der Waals surface area (Å²) in [6, 6.07) is 0.450. The average molecular weight is 153 g/mol. The van der Waals surface area contributed by atoms with Crippen LogP contribution in [0.15, 0.2) is 6.20 Å². The second-order valence-corrected chi connectivity index (χ2v) is 2.91. The van der Waals surface area contributed by atoms with E-state index >= 15 is 0 Å². The van der Waals surface area contributed by atoms with Gasteiger partial charge < -0.3 is 5.73 Å². The second kappa shape index (κ2) is 2.95. The lowest BCUT2D eigenvalue weighted by Gasteiger charge is -2.07. The summed E-state index contributed by atoms with van der Waals surface area (Å²) in [5.74, 6) is 0. The summed E-state index contributed by atoms with van der Waals surface area (Å²) in [6.45, 7) is 6.19. The van der Waals surface area contributed by atoms with Crippen LogP contribution in [0.5, 0.6) is 0 Å². The Labute approximate surface area is 67.2 Å². The van der Waals surface area contributed by atoms with Crippen molar-refractivity contribution in [3.8, 4) is 0 Å². The van der Waals surface area contributed by atoms with Crippen molar-refractivity contribution in [1.82, 2.24) is 9.78 Å². The highest BCUT2D eigenvalue weighted by atomic mass is 15.3. The number of rotatable bonds is 2. The maximum atomic E-state index is 5.65. The van der Waals surface area contributed by atoms with Gasteiger partial charge in [0, 0.05) is 12.2 Å². The topological polar surface area (TPSA) is 43.8 Å². The van der Waals surface area contributed by atoms with Gasteiger partial charge in [-0.1, -0.05) is 6.92 Å². The van der Waals surface area contributed by atoms with Crippen LogP contribution in [0.1, 0.15) is 32.0 Å². The van der Waals surface area contributed by atoms with Gasteiger partial charge in [-0.25, -0.2) is 0 Å². The summed E-state index contributed by atoms with van der Waals surface area (Å²) >= 11 is 0. The molecule has 1 aromatic rings. The monoisotopic (exact) mass is 153 g/mol. The van der Waals surface area contributed by atoms with Crippen LogP contribution in [0.25, 0.3) is 0 Å². The first kappa shape index (κ1) is 8.11. The molecule has 1 atom stereocenters. The highest BCUT2D eigenvalue weighted by Gasteiger charge is 2.04. The van der Waals surface area contributed by atoms with Crippen molar-refractivity contribution in [1.29, 1.82) is 0 Å². The molecule has 2 N–H and O–H groups in total. The first-order valence-corrected chi connectivity index (χ1v) is 3.96. The molecule has 3 heteroatoms. The maximum absolute atomic E-state index is 5.65. The zero-order valence-corrected chi connectivity index (χ0v) is 7.33. The van der Waals surface area contributed by atoms with Crippen LogP contribution in [0.2, 0.25) is 0 Å². The molecular formula is C8H15N3. The van der Waals surface area contributed by atoms with E-state index in [4.69, 9.17) is 5.73 Å². The molecule has 0 bridgehead atoms. The molecule has 0 saturated carbocycles. The van der Waals surface area contributed by atoms with Crippen molar-refractivity contribution < 1.29 is 0 Å². The summed E-state index contributed by atoms with van der Waals surface area (Å²) in [5, 5.41) is 4.27. The van der Waals surface area contributed by atoms with Crippen molar-refractivity contribution in [2.24, 2.45) is 0 Å². The molecule has 62 valence electrons. The van der Waals surface area contributed by atoms with Crippen LogP contribution in [0.4, 0.5) is 5.69 Å². The Balaban J connectivity index is 2.88. The Kier molecular flexibility index (Phi) is 2.17. The average Bonchev–Trinajstić information content (AvgIpc) is 2.31. The van der Waals surface area contributed by atoms with Crippen molar-refractivity contribution in [2.75, 3.05) is 5.73 Å². The molecule has 1 unspecified atom stereocenters. The van der Waals surface area contributed by atoms with E-state index in [0.717, 1.165) is 17.8 Å². The molecule has 1 aromatic heterocycles. The molecule has 3 nitrogen and oxygen atoms in total. The molecule has 1 rings (SSSR count). The fraction of sp³-hybridized carbons (Fsp3) is 0.625. The van der Waals surface area contributed by atoms with E-state index in [0.29, 0.717) is 6.04 Å². The molecule has 0 spiro atoms. The molecule has 0 aromatic carbocycles. The highest BCUT2D eigenvalue weighted by Crippen LogP contribution is 2.13. The fourth-order valence-corrected chi connectivity index (χ4v) is 0.909. The second-order valence-electron chi connectivity index (χ2n) is 2.91. The minimum atomic E-state index is 0.450. The van der Waals surface area contributed by atoms with E-state index in [-0.39, 0.29) is 0 Å². The first-order chi connectivity index (χ1) is 5.15. The third-order valence-electron chi connectivity index (χ3n) is 2.00. The van der Waals surface area contributed by atoms with Gasteiger partial charge in [-0.3, -0.25) is 4.68 Å². The molecule has 11 heavy (non-hydrogen) atoms. The van der Waals surface area contributed by atoms with Gasteiger partial charge in [-0.2, -0.15) is 5.10 Å². The molecule has 0 fully saturated rings. The predicted octanol–water partition coefficient (Wildman–Crippen LogP) is 1.74. The minimum Gasteiger partial charge on any atom is -0.396 e. The number of aryl methyl sites for hydroxylation is 1. The lowest BCUT2D eigenvalue weighted by molar-refractivity contribution is 0.475. The Morgan fingerprint density at radius 1 is 1.73 bits per heavy atom. The number of nitrogens with zero attached hydrogens (tertiary/aromatic N) is 2. The van der Waals surface area contributed by atoms with Crippen LogP contribution >= 0.6 is 0 Å². The van der Waals surface area contributed by atoms with E-state index < -0.39 is 0 Å². The number of nitrogen functional groups attached to an aromatic ring is 1. The van der Waals surface area contributed by atoms with E-state index in [1.54, 1.807) is 0 Å². The largest absolute Gasteiger partial charge is 0.396 e. The number of hydrogen-bond donors (Lipinski definition) is 1. The highest BCUT2D eigenvalue weighted by molar-refractivity contribution is 5.39. The number of nitrogens with two attached hydrogens (primary N) is 1. The van der Waals surface area contributed by atoms with Gasteiger partial charge in [-0.15, -0.1) is 0 Å². The third kappa shape index (κ3) is 1.53. The predicted molar refractivity (Wildman–Crippen MR) is 46.4 cm³/mol. The fourth-order valence-electron chi connectivity index (χ4n) is 0.909. The normalized spacial score (nSPS) is 13.4. The van der Waals surface area contributed by atoms with Crippen molar-refractivity contribution >= 4 is 5.69 Å². The zero-order valence-electron chi connectivity index (χ0n) is 7.33. The summed E-state index contributed by atoms with van der Waals surface area (Å²) in [4.78, 5) is 0. The number of aromatic nitrogens is 2. The van der Waals surface area contributed by atoms with Crippen LogP contribution in [0, 0.1) is 6.92 Å². The maximum Gasteiger partial charge on any atom is 0.0823 e. The van der Waals surface area contributed by atoms with E-state index in [1.165, 1.54) is 0 Å². The molecule has 0 saturated heterocycles. The number of hydrogen-bond acceptors (Lipinski definition) is 2. The first-order valence-electron chi connectivity index (χ1n) is 3.96. The Bertz CT molecular complexity index is 220. The molecule has 0 aliphatic carbocycles. The van der Waals surface area contributed by atoms with E-state index in [1.807, 2.05) is 17.8 Å². The van der Waals surface area contributed by atoms with E-state index in [2.05, 4.69) is 18.9 Å². The van der Waals surface area contributed by atoms with Gasteiger partial charge in [-0.05, 0) is 20.3 Å². The standard InChI is InChI=1S/C8H15N3/c1-4-6(2)11-5-8(9)7(3)10-11/h5-6H,4,9H2,1-3H3. The lowest BCUT2D eigenvalue weighted by Crippen LogP contribution is -2.03. The smallest absolute Gasteiger partial charge is 0.0823 e. The molecule has 0 amide bonds. The van der Waals surface area contributed by atoms with Gasteiger partial charge in [0.05, 0.1) is 11.4 Å². The Morgan fingerprint density at radius 2 is 2.36 bits per heavy atom. The van der Waals surface area contributed by atoms with Gasteiger partial charge >= 0.3 is 0 Å². The van der Waals surface area contributed by atoms with E-state index in [9.17, 15) is 0 Å². The molecule has 0 radical (unpaired) electrons. The van der Waals surface area contributed by atoms with Crippen LogP contribution in [-0.2, 0) is 0 Å². The Morgan fingerprint density at radius 3 is 2.73 bits per heavy atom. The summed E-state index contributed by atoms with van der Waals surface area (Å²) in [5.41, 5.74) is 7.35. The molecule has 0 aliphatic rings. The minimum absolute atomic E-state index is 0.450. The van der Waals surface area contributed by atoms with Crippen LogP contribution in [0.3, 0.4) is 0 Å². The summed E-state index contributed by atoms with van der Waals surface area (Å²) < 4.78 is 1.92. The molecule has 1 heterocycles. The van der Waals surface area contributed by atoms with Gasteiger partial charge in [0.1, 0.15) is 0 Å². The third-order valence-corrected chi connectivity index (χ3v) is 2.00. The van der Waals surface area contributed by atoms with Crippen molar-refractivity contribution in [3.63, 3.8) is 0 Å². The number of anilines is 1. The van der Waals surface area contributed by atoms with Crippen molar-refractivity contribution in [2.45, 2.75) is 33.2 Å². The van der Waals surface area contributed by atoms with Crippen LogP contribution < -0.4 is 5.73 Å². The lowest BCUT2D eigenvalue weighted by atomic mass is 10.3. The van der Waals surface area contributed by atoms with Gasteiger partial charge in [0.25, 0.3) is 0 Å². The summed E-state index contributed by atoms with van der Waals surface area (Å²) in [7, 11) is 0. The Hall–Kier alpha value is -0.990. The van der Waals surface area contributed by atoms with Crippen LogP contribution in [-0.4, -0.2) is 9.78 Å². The van der Waals surface area contributed by atoms with Crippen molar-refractivity contribution in [3.05, 3.63) is 11.9 Å². The van der Waals surface area contributed by atoms with Gasteiger partial charge in [0.2, 0.25) is 0 Å². The molecular weight excluding hydrogens is 138 g/mol. The van der Waals surface area contributed by atoms with Gasteiger partial charge in [0.15, 0.2) is 0 Å². The summed E-state index contributed by atoms with van der Waals surface area (Å²) in [6.07, 6.45) is 2.98. The SMILES string of the molecule is CCC(C)n1cc(N)c(C)n1. The quantitative estimate of drug-likeness (QED) is 0.703. The zero-order chi connectivity index (χ0) is 8.43.